The highest BCUT2D eigenvalue weighted by atomic mass is 16.5. The van der Waals surface area contributed by atoms with Gasteiger partial charge >= 0.3 is 5.97 Å². The summed E-state index contributed by atoms with van der Waals surface area (Å²) in [5, 5.41) is 12.5. The van der Waals surface area contributed by atoms with Crippen LogP contribution in [0.4, 0.5) is 5.69 Å². The van der Waals surface area contributed by atoms with Crippen LogP contribution < -0.4 is 10.1 Å². The van der Waals surface area contributed by atoms with Crippen LogP contribution in [0.5, 0.6) is 5.75 Å². The highest BCUT2D eigenvalue weighted by Crippen LogP contribution is 2.37. The highest BCUT2D eigenvalue weighted by molar-refractivity contribution is 5.68. The van der Waals surface area contributed by atoms with Crippen LogP contribution in [0.25, 0.3) is 11.5 Å². The van der Waals surface area contributed by atoms with Gasteiger partial charge in [-0.3, -0.25) is 4.79 Å². The molecular formula is C26H30N2O4. The summed E-state index contributed by atoms with van der Waals surface area (Å²) in [5.41, 5.74) is 5.26. The fourth-order valence-electron chi connectivity index (χ4n) is 4.28. The number of aryl methyl sites for hydroxylation is 2. The van der Waals surface area contributed by atoms with Gasteiger partial charge in [-0.2, -0.15) is 0 Å². The number of nitrogens with one attached hydrogen (secondary N) is 1. The fraction of sp³-hybridized carbons (Fsp3) is 0.385. The van der Waals surface area contributed by atoms with Crippen LogP contribution in [0.1, 0.15) is 54.7 Å². The maximum Gasteiger partial charge on any atom is 0.303 e. The van der Waals surface area contributed by atoms with Crippen molar-refractivity contribution in [2.24, 2.45) is 0 Å². The summed E-state index contributed by atoms with van der Waals surface area (Å²) < 4.78 is 11.9. The minimum atomic E-state index is -0.741. The molecule has 1 aromatic heterocycles. The first-order chi connectivity index (χ1) is 15.5. The van der Waals surface area contributed by atoms with Gasteiger partial charge < -0.3 is 19.6 Å². The molecule has 32 heavy (non-hydrogen) atoms. The Labute approximate surface area is 188 Å². The van der Waals surface area contributed by atoms with Gasteiger partial charge in [-0.15, -0.1) is 0 Å². The Morgan fingerprint density at radius 1 is 1.28 bits per heavy atom. The van der Waals surface area contributed by atoms with Crippen LogP contribution in [-0.2, 0) is 17.6 Å². The van der Waals surface area contributed by atoms with Crippen LogP contribution in [0.15, 0.2) is 46.9 Å². The molecular weight excluding hydrogens is 404 g/mol. The van der Waals surface area contributed by atoms with Crippen molar-refractivity contribution in [1.29, 1.82) is 0 Å². The Balaban J connectivity index is 1.36. The molecule has 0 saturated heterocycles. The first kappa shape index (κ1) is 21.9. The molecule has 2 N–H and O–H groups in total. The van der Waals surface area contributed by atoms with Gasteiger partial charge in [0, 0.05) is 24.2 Å². The van der Waals surface area contributed by atoms with Gasteiger partial charge in [0.2, 0.25) is 5.89 Å². The predicted octanol–water partition coefficient (Wildman–Crippen LogP) is 5.60. The molecule has 6 heteroatoms. The van der Waals surface area contributed by atoms with Crippen molar-refractivity contribution in [2.75, 3.05) is 18.5 Å². The summed E-state index contributed by atoms with van der Waals surface area (Å²) in [4.78, 5) is 15.7. The van der Waals surface area contributed by atoms with E-state index in [1.165, 1.54) is 5.56 Å². The number of carbonyl (C=O) groups is 1. The third kappa shape index (κ3) is 5.13. The van der Waals surface area contributed by atoms with Gasteiger partial charge in [-0.05, 0) is 73.6 Å². The number of rotatable bonds is 10. The second kappa shape index (κ2) is 9.90. The third-order valence-electron chi connectivity index (χ3n) is 5.93. The first-order valence-electron chi connectivity index (χ1n) is 11.3. The van der Waals surface area contributed by atoms with Crippen molar-refractivity contribution in [1.82, 2.24) is 4.98 Å². The maximum absolute atomic E-state index is 11.0. The summed E-state index contributed by atoms with van der Waals surface area (Å²) >= 11 is 0. The number of hydrogen-bond acceptors (Lipinski definition) is 5. The van der Waals surface area contributed by atoms with Gasteiger partial charge in [0.05, 0.1) is 18.7 Å². The van der Waals surface area contributed by atoms with E-state index >= 15 is 0 Å². The molecule has 0 fully saturated rings. The average molecular weight is 435 g/mol. The molecule has 6 nitrogen and oxygen atoms in total. The van der Waals surface area contributed by atoms with Crippen molar-refractivity contribution in [3.8, 4) is 17.2 Å². The van der Waals surface area contributed by atoms with E-state index in [1.54, 1.807) is 0 Å². The second-order valence-electron chi connectivity index (χ2n) is 8.32. The Morgan fingerprint density at radius 3 is 2.97 bits per heavy atom. The number of oxazole rings is 1. The van der Waals surface area contributed by atoms with Crippen LogP contribution in [0.3, 0.4) is 0 Å². The number of aliphatic carboxylic acids is 1. The Hall–Kier alpha value is -3.28. The van der Waals surface area contributed by atoms with E-state index in [0.29, 0.717) is 18.9 Å². The van der Waals surface area contributed by atoms with Gasteiger partial charge in [0.1, 0.15) is 11.5 Å². The molecule has 0 radical (unpaired) electrons. The van der Waals surface area contributed by atoms with E-state index in [1.807, 2.05) is 43.3 Å². The number of ether oxygens (including phenoxy) is 1. The molecule has 0 aliphatic heterocycles. The van der Waals surface area contributed by atoms with Crippen molar-refractivity contribution >= 4 is 11.7 Å². The SMILES string of the molecule is CCCNc1cccc(-c2nc(CCOc3ccc4c(c3)CC[C@H]4CC(=O)O)c(C)o2)c1. The standard InChI is InChI=1S/C26H30N2O4/c1-3-12-27-21-6-4-5-20(14-21)26-28-24(17(2)32-26)11-13-31-22-9-10-23-18(15-22)7-8-19(23)16-25(29)30/h4-6,9-10,14-15,19,27H,3,7-8,11-13,16H2,1-2H3,(H,29,30)/t19-/m0/s1. The normalized spacial score (nSPS) is 14.9. The first-order valence-corrected chi connectivity index (χ1v) is 11.3. The largest absolute Gasteiger partial charge is 0.493 e. The van der Waals surface area contributed by atoms with Crippen molar-refractivity contribution in [3.05, 3.63) is 65.0 Å². The van der Waals surface area contributed by atoms with Gasteiger partial charge in [0.25, 0.3) is 0 Å². The maximum atomic E-state index is 11.0. The number of benzene rings is 2. The molecule has 1 aliphatic rings. The molecule has 0 unspecified atom stereocenters. The molecule has 0 spiro atoms. The van der Waals surface area contributed by atoms with E-state index < -0.39 is 5.97 Å². The van der Waals surface area contributed by atoms with Gasteiger partial charge in [-0.1, -0.05) is 19.1 Å². The topological polar surface area (TPSA) is 84.6 Å². The molecule has 1 atom stereocenters. The zero-order chi connectivity index (χ0) is 22.5. The number of anilines is 1. The monoisotopic (exact) mass is 434 g/mol. The Kier molecular flexibility index (Phi) is 6.78. The van der Waals surface area contributed by atoms with Gasteiger partial charge in [0.15, 0.2) is 0 Å². The summed E-state index contributed by atoms with van der Waals surface area (Å²) in [6, 6.07) is 14.1. The average Bonchev–Trinajstić information content (AvgIpc) is 3.35. The van der Waals surface area contributed by atoms with Crippen LogP contribution in [0, 0.1) is 6.92 Å². The van der Waals surface area contributed by atoms with E-state index in [4.69, 9.17) is 19.2 Å². The van der Waals surface area contributed by atoms with Crippen LogP contribution >= 0.6 is 0 Å². The lowest BCUT2D eigenvalue weighted by molar-refractivity contribution is -0.137. The molecule has 1 heterocycles. The minimum absolute atomic E-state index is 0.114. The fourth-order valence-corrected chi connectivity index (χ4v) is 4.28. The summed E-state index contributed by atoms with van der Waals surface area (Å²) in [7, 11) is 0. The molecule has 3 aromatic rings. The van der Waals surface area contributed by atoms with Crippen molar-refractivity contribution in [2.45, 2.75) is 51.9 Å². The lowest BCUT2D eigenvalue weighted by Crippen LogP contribution is -2.04. The van der Waals surface area contributed by atoms with E-state index in [0.717, 1.165) is 59.8 Å². The van der Waals surface area contributed by atoms with Crippen molar-refractivity contribution < 1.29 is 19.1 Å². The molecule has 2 aromatic carbocycles. The predicted molar refractivity (Wildman–Crippen MR) is 124 cm³/mol. The number of fused-ring (bicyclic) bond motifs is 1. The number of nitrogens with zero attached hydrogens (tertiary/aromatic N) is 1. The lowest BCUT2D eigenvalue weighted by atomic mass is 9.98. The minimum Gasteiger partial charge on any atom is -0.493 e. The van der Waals surface area contributed by atoms with E-state index in [2.05, 4.69) is 18.3 Å². The van der Waals surface area contributed by atoms with Crippen molar-refractivity contribution in [3.63, 3.8) is 0 Å². The summed E-state index contributed by atoms with van der Waals surface area (Å²) in [6.07, 6.45) is 3.71. The van der Waals surface area contributed by atoms with Crippen LogP contribution in [0.2, 0.25) is 0 Å². The molecule has 0 bridgehead atoms. The summed E-state index contributed by atoms with van der Waals surface area (Å²) in [6.45, 7) is 5.51. The number of aromatic nitrogens is 1. The summed E-state index contributed by atoms with van der Waals surface area (Å²) in [5.74, 6) is 1.62. The number of hydrogen-bond donors (Lipinski definition) is 2. The zero-order valence-corrected chi connectivity index (χ0v) is 18.7. The quantitative estimate of drug-likeness (QED) is 0.432. The number of carboxylic acids is 1. The zero-order valence-electron chi connectivity index (χ0n) is 18.7. The van der Waals surface area contributed by atoms with E-state index in [-0.39, 0.29) is 12.3 Å². The highest BCUT2D eigenvalue weighted by Gasteiger charge is 2.25. The molecule has 1 aliphatic carbocycles. The smallest absolute Gasteiger partial charge is 0.303 e. The molecule has 0 amide bonds. The second-order valence-corrected chi connectivity index (χ2v) is 8.32. The van der Waals surface area contributed by atoms with Gasteiger partial charge in [-0.25, -0.2) is 4.98 Å². The molecule has 0 saturated carbocycles. The number of carboxylic acid groups (broad SMARTS) is 1. The Bertz CT molecular complexity index is 1090. The molecule has 4 rings (SSSR count). The molecule has 168 valence electrons. The van der Waals surface area contributed by atoms with E-state index in [9.17, 15) is 4.79 Å². The van der Waals surface area contributed by atoms with Crippen LogP contribution in [-0.4, -0.2) is 29.2 Å². The third-order valence-corrected chi connectivity index (χ3v) is 5.93. The lowest BCUT2D eigenvalue weighted by Gasteiger charge is -2.10. The Morgan fingerprint density at radius 2 is 2.16 bits per heavy atom.